The fraction of sp³-hybridized carbons (Fsp3) is 0.500. The SMILES string of the molecule is Cl.N=C(N)N1CCCC(CNC(=O)C[C@H](NS(=O)(=O)c2ccc3ccccc3c2)C(=O)N2CCOC(CO)C2)C1. The predicted molar refractivity (Wildman–Crippen MR) is 153 cm³/mol. The summed E-state index contributed by atoms with van der Waals surface area (Å²) in [6.45, 7) is 1.79. The Morgan fingerprint density at radius 3 is 2.60 bits per heavy atom. The molecular formula is C26H37ClN6O6S. The van der Waals surface area contributed by atoms with E-state index in [-0.39, 0.29) is 55.5 Å². The third-order valence-electron chi connectivity index (χ3n) is 7.12. The van der Waals surface area contributed by atoms with Gasteiger partial charge in [0, 0.05) is 32.7 Å². The Morgan fingerprint density at radius 2 is 1.88 bits per heavy atom. The molecule has 0 saturated carbocycles. The van der Waals surface area contributed by atoms with E-state index in [2.05, 4.69) is 10.0 Å². The van der Waals surface area contributed by atoms with Crippen molar-refractivity contribution in [3.05, 3.63) is 42.5 Å². The van der Waals surface area contributed by atoms with E-state index in [1.165, 1.54) is 17.0 Å². The first-order valence-corrected chi connectivity index (χ1v) is 14.5. The molecule has 2 aliphatic heterocycles. The summed E-state index contributed by atoms with van der Waals surface area (Å²) >= 11 is 0. The summed E-state index contributed by atoms with van der Waals surface area (Å²) in [4.78, 5) is 29.6. The number of ether oxygens (including phenoxy) is 1. The maximum absolute atomic E-state index is 13.5. The predicted octanol–water partition coefficient (Wildman–Crippen LogP) is 0.240. The van der Waals surface area contributed by atoms with E-state index in [1.54, 1.807) is 23.1 Å². The summed E-state index contributed by atoms with van der Waals surface area (Å²) in [7, 11) is -4.15. The number of nitrogens with two attached hydrogens (primary N) is 1. The van der Waals surface area contributed by atoms with Gasteiger partial charge >= 0.3 is 0 Å². The average Bonchev–Trinajstić information content (AvgIpc) is 2.95. The van der Waals surface area contributed by atoms with Crippen molar-refractivity contribution >= 4 is 51.0 Å². The standard InChI is InChI=1S/C26H36N6O6S.ClH/c27-26(28)32-9-3-4-18(15-32)14-29-24(34)13-23(25(35)31-10-11-38-21(16-31)17-33)30-39(36,37)22-8-7-19-5-1-2-6-20(19)12-22;/h1-2,5-8,12,18,21,23,30,33H,3-4,9-11,13-17H2,(H3,27,28)(H,29,34);1H/t18?,21?,23-;/m0./s1. The highest BCUT2D eigenvalue weighted by Gasteiger charge is 2.34. The van der Waals surface area contributed by atoms with Crippen LogP contribution in [0, 0.1) is 11.3 Å². The van der Waals surface area contributed by atoms with Crippen LogP contribution in [0.1, 0.15) is 19.3 Å². The van der Waals surface area contributed by atoms with Crippen LogP contribution in [0.15, 0.2) is 47.4 Å². The molecule has 0 aromatic heterocycles. The van der Waals surface area contributed by atoms with Crippen LogP contribution in [0.3, 0.4) is 0 Å². The minimum atomic E-state index is -4.15. The smallest absolute Gasteiger partial charge is 0.241 e. The molecule has 14 heteroatoms. The number of sulfonamides is 1. The maximum Gasteiger partial charge on any atom is 0.241 e. The summed E-state index contributed by atoms with van der Waals surface area (Å²) in [5.74, 6) is -0.954. The third kappa shape index (κ3) is 8.04. The Morgan fingerprint density at radius 1 is 1.12 bits per heavy atom. The molecule has 2 fully saturated rings. The summed E-state index contributed by atoms with van der Waals surface area (Å²) in [5, 5.41) is 21.5. The van der Waals surface area contributed by atoms with Gasteiger partial charge in [0.05, 0.1) is 30.6 Å². The van der Waals surface area contributed by atoms with E-state index in [1.807, 2.05) is 12.1 Å². The topological polar surface area (TPSA) is 178 Å². The largest absolute Gasteiger partial charge is 0.394 e. The van der Waals surface area contributed by atoms with Gasteiger partial charge in [-0.3, -0.25) is 15.0 Å². The monoisotopic (exact) mass is 596 g/mol. The molecule has 4 rings (SSSR count). The second-order valence-electron chi connectivity index (χ2n) is 9.99. The van der Waals surface area contributed by atoms with Gasteiger partial charge in [-0.1, -0.05) is 30.3 Å². The van der Waals surface area contributed by atoms with Crippen molar-refractivity contribution in [3.63, 3.8) is 0 Å². The first-order chi connectivity index (χ1) is 18.7. The minimum Gasteiger partial charge on any atom is -0.394 e. The van der Waals surface area contributed by atoms with Crippen molar-refractivity contribution in [1.82, 2.24) is 19.8 Å². The zero-order valence-corrected chi connectivity index (χ0v) is 23.8. The van der Waals surface area contributed by atoms with E-state index in [4.69, 9.17) is 15.9 Å². The molecule has 2 aromatic carbocycles. The van der Waals surface area contributed by atoms with E-state index < -0.39 is 40.4 Å². The molecule has 0 bridgehead atoms. The lowest BCUT2D eigenvalue weighted by Crippen LogP contribution is -2.55. The highest BCUT2D eigenvalue weighted by Crippen LogP contribution is 2.20. The number of fused-ring (bicyclic) bond motifs is 1. The Kier molecular flexibility index (Phi) is 11.1. The number of hydrogen-bond donors (Lipinski definition) is 5. The zero-order valence-electron chi connectivity index (χ0n) is 22.1. The average molecular weight is 597 g/mol. The molecule has 2 aromatic rings. The van der Waals surface area contributed by atoms with E-state index in [9.17, 15) is 23.1 Å². The zero-order chi connectivity index (χ0) is 28.0. The highest BCUT2D eigenvalue weighted by atomic mass is 35.5. The van der Waals surface area contributed by atoms with Crippen LogP contribution in [-0.4, -0.2) is 99.2 Å². The number of nitrogens with one attached hydrogen (secondary N) is 3. The van der Waals surface area contributed by atoms with Crippen molar-refractivity contribution in [1.29, 1.82) is 5.41 Å². The summed E-state index contributed by atoms with van der Waals surface area (Å²) in [6.07, 6.45) is 0.730. The lowest BCUT2D eigenvalue weighted by Gasteiger charge is -2.34. The first kappa shape index (κ1) is 31.6. The number of likely N-dealkylation sites (tertiary alicyclic amines) is 1. The molecule has 0 spiro atoms. The van der Waals surface area contributed by atoms with Gasteiger partial charge in [-0.15, -0.1) is 12.4 Å². The molecule has 40 heavy (non-hydrogen) atoms. The van der Waals surface area contributed by atoms with Crippen molar-refractivity contribution in [2.45, 2.75) is 36.3 Å². The van der Waals surface area contributed by atoms with Crippen LogP contribution in [0.4, 0.5) is 0 Å². The molecular weight excluding hydrogens is 560 g/mol. The lowest BCUT2D eigenvalue weighted by molar-refractivity contribution is -0.143. The van der Waals surface area contributed by atoms with Gasteiger partial charge in [0.15, 0.2) is 5.96 Å². The molecule has 12 nitrogen and oxygen atoms in total. The van der Waals surface area contributed by atoms with Crippen LogP contribution in [-0.2, 0) is 24.3 Å². The van der Waals surface area contributed by atoms with Crippen LogP contribution in [0.2, 0.25) is 0 Å². The normalized spacial score (nSPS) is 20.4. The number of rotatable bonds is 9. The van der Waals surface area contributed by atoms with Crippen molar-refractivity contribution in [2.24, 2.45) is 11.7 Å². The molecule has 6 N–H and O–H groups in total. The number of guanidine groups is 1. The fourth-order valence-corrected chi connectivity index (χ4v) is 6.21. The Hall–Kier alpha value is -2.97. The number of benzene rings is 2. The Labute approximate surface area is 240 Å². The number of amides is 2. The lowest BCUT2D eigenvalue weighted by atomic mass is 9.98. The van der Waals surface area contributed by atoms with E-state index >= 15 is 0 Å². The fourth-order valence-electron chi connectivity index (χ4n) is 4.99. The van der Waals surface area contributed by atoms with Crippen molar-refractivity contribution in [3.8, 4) is 0 Å². The minimum absolute atomic E-state index is 0. The van der Waals surface area contributed by atoms with E-state index in [0.29, 0.717) is 19.6 Å². The highest BCUT2D eigenvalue weighted by molar-refractivity contribution is 7.89. The maximum atomic E-state index is 13.5. The molecule has 2 saturated heterocycles. The van der Waals surface area contributed by atoms with Crippen LogP contribution in [0.25, 0.3) is 10.8 Å². The number of aliphatic hydroxyl groups is 1. The molecule has 2 aliphatic rings. The number of morpholine rings is 1. The number of piperidine rings is 1. The van der Waals surface area contributed by atoms with Gasteiger partial charge < -0.3 is 30.7 Å². The van der Waals surface area contributed by atoms with Gasteiger partial charge in [0.1, 0.15) is 6.04 Å². The second-order valence-corrected chi connectivity index (χ2v) is 11.7. The van der Waals surface area contributed by atoms with Crippen LogP contribution < -0.4 is 15.8 Å². The molecule has 2 unspecified atom stereocenters. The van der Waals surface area contributed by atoms with Crippen LogP contribution in [0.5, 0.6) is 0 Å². The number of carbonyl (C=O) groups excluding carboxylic acids is 2. The Balaban J connectivity index is 0.00000441. The molecule has 0 aliphatic carbocycles. The van der Waals surface area contributed by atoms with Gasteiger partial charge in [0.2, 0.25) is 21.8 Å². The van der Waals surface area contributed by atoms with Gasteiger partial charge in [0.25, 0.3) is 0 Å². The third-order valence-corrected chi connectivity index (χ3v) is 8.59. The van der Waals surface area contributed by atoms with Crippen molar-refractivity contribution < 1.29 is 27.9 Å². The van der Waals surface area contributed by atoms with E-state index in [0.717, 1.165) is 23.6 Å². The molecule has 220 valence electrons. The second kappa shape index (κ2) is 14.1. The van der Waals surface area contributed by atoms with Gasteiger partial charge in [-0.25, -0.2) is 8.42 Å². The number of halogens is 1. The summed E-state index contributed by atoms with van der Waals surface area (Å²) in [6, 6.07) is 10.7. The molecule has 3 atom stereocenters. The summed E-state index contributed by atoms with van der Waals surface area (Å²) in [5.41, 5.74) is 5.60. The number of hydrogen-bond acceptors (Lipinski definition) is 7. The quantitative estimate of drug-likeness (QED) is 0.202. The Bertz CT molecular complexity index is 1310. The number of aliphatic hydroxyl groups excluding tert-OH is 1. The number of nitrogens with zero attached hydrogens (tertiary/aromatic N) is 2. The number of carbonyl (C=O) groups is 2. The molecule has 0 radical (unpaired) electrons. The first-order valence-electron chi connectivity index (χ1n) is 13.0. The summed E-state index contributed by atoms with van der Waals surface area (Å²) < 4.78 is 34.6. The van der Waals surface area contributed by atoms with Crippen molar-refractivity contribution in [2.75, 3.05) is 45.9 Å². The van der Waals surface area contributed by atoms with Gasteiger partial charge in [-0.05, 0) is 41.7 Å². The van der Waals surface area contributed by atoms with Crippen LogP contribution >= 0.6 is 12.4 Å². The van der Waals surface area contributed by atoms with Gasteiger partial charge in [-0.2, -0.15) is 4.72 Å². The molecule has 2 amide bonds. The molecule has 2 heterocycles.